The van der Waals surface area contributed by atoms with Crippen molar-refractivity contribution in [3.8, 4) is 0 Å². The van der Waals surface area contributed by atoms with Gasteiger partial charge in [-0.15, -0.1) is 0 Å². The highest BCUT2D eigenvalue weighted by molar-refractivity contribution is 6.05. The minimum Gasteiger partial charge on any atom is -0.441 e. The molecule has 3 rings (SSSR count). The summed E-state index contributed by atoms with van der Waals surface area (Å²) in [6.45, 7) is 3.63. The van der Waals surface area contributed by atoms with E-state index in [0.717, 1.165) is 4.57 Å². The summed E-state index contributed by atoms with van der Waals surface area (Å²) < 4.78 is 44.5. The fourth-order valence-electron chi connectivity index (χ4n) is 2.77. The molecular formula is C17H16F3N3O2. The first kappa shape index (κ1) is 17.1. The summed E-state index contributed by atoms with van der Waals surface area (Å²) >= 11 is 0. The highest BCUT2D eigenvalue weighted by Gasteiger charge is 2.30. The topological polar surface area (TPSA) is 60.1 Å². The monoisotopic (exact) mass is 351 g/mol. The van der Waals surface area contributed by atoms with Gasteiger partial charge in [-0.2, -0.15) is 13.2 Å². The first-order chi connectivity index (χ1) is 11.6. The van der Waals surface area contributed by atoms with Crippen LogP contribution in [0.3, 0.4) is 0 Å². The summed E-state index contributed by atoms with van der Waals surface area (Å²) in [5.74, 6) is 0.0373. The van der Waals surface area contributed by atoms with Crippen molar-refractivity contribution in [2.45, 2.75) is 33.5 Å². The first-order valence-corrected chi connectivity index (χ1v) is 7.56. The molecule has 1 N–H and O–H groups in total. The van der Waals surface area contributed by atoms with Crippen molar-refractivity contribution in [2.24, 2.45) is 0 Å². The number of nitrogens with zero attached hydrogens (tertiary/aromatic N) is 2. The van der Waals surface area contributed by atoms with Crippen LogP contribution in [0.5, 0.6) is 0 Å². The molecule has 0 atom stereocenters. The molecule has 1 amide bonds. The lowest BCUT2D eigenvalue weighted by Gasteiger charge is -2.12. The molecule has 0 aliphatic rings. The predicted octanol–water partition coefficient (Wildman–Crippen LogP) is 4.37. The maximum atomic E-state index is 12.7. The minimum absolute atomic E-state index is 0.207. The van der Waals surface area contributed by atoms with E-state index in [2.05, 4.69) is 10.3 Å². The average molecular weight is 351 g/mol. The lowest BCUT2D eigenvalue weighted by molar-refractivity contribution is -0.141. The molecular weight excluding hydrogens is 335 g/mol. The Hall–Kier alpha value is -2.77. The van der Waals surface area contributed by atoms with Gasteiger partial charge in [-0.25, -0.2) is 4.98 Å². The zero-order chi connectivity index (χ0) is 18.4. The van der Waals surface area contributed by atoms with E-state index in [9.17, 15) is 18.0 Å². The lowest BCUT2D eigenvalue weighted by Crippen LogP contribution is -2.20. The number of benzene rings is 1. The average Bonchev–Trinajstić information content (AvgIpc) is 2.99. The highest BCUT2D eigenvalue weighted by Crippen LogP contribution is 2.24. The van der Waals surface area contributed by atoms with Crippen molar-refractivity contribution >= 4 is 22.7 Å². The second-order valence-corrected chi connectivity index (χ2v) is 5.86. The largest absolute Gasteiger partial charge is 0.441 e. The fourth-order valence-corrected chi connectivity index (χ4v) is 2.77. The Labute approximate surface area is 141 Å². The van der Waals surface area contributed by atoms with Crippen molar-refractivity contribution in [3.05, 3.63) is 47.1 Å². The van der Waals surface area contributed by atoms with Crippen LogP contribution in [0.15, 0.2) is 28.7 Å². The highest BCUT2D eigenvalue weighted by atomic mass is 19.4. The molecule has 0 bridgehead atoms. The Morgan fingerprint density at radius 1 is 1.24 bits per heavy atom. The van der Waals surface area contributed by atoms with Gasteiger partial charge in [-0.05, 0) is 38.1 Å². The second kappa shape index (κ2) is 5.94. The Balaban J connectivity index is 1.86. The first-order valence-electron chi connectivity index (χ1n) is 7.56. The Morgan fingerprint density at radius 2 is 1.96 bits per heavy atom. The molecule has 2 heterocycles. The van der Waals surface area contributed by atoms with E-state index >= 15 is 0 Å². The van der Waals surface area contributed by atoms with Crippen LogP contribution in [0.2, 0.25) is 0 Å². The van der Waals surface area contributed by atoms with Gasteiger partial charge < -0.3 is 14.3 Å². The number of alkyl halides is 3. The van der Waals surface area contributed by atoms with E-state index in [1.165, 1.54) is 13.0 Å². The third-order valence-electron chi connectivity index (χ3n) is 3.91. The summed E-state index contributed by atoms with van der Waals surface area (Å²) in [6.07, 6.45) is -4.35. The zero-order valence-corrected chi connectivity index (χ0v) is 13.9. The van der Waals surface area contributed by atoms with Gasteiger partial charge in [-0.1, -0.05) is 0 Å². The van der Waals surface area contributed by atoms with E-state index in [4.69, 9.17) is 4.42 Å². The van der Waals surface area contributed by atoms with Crippen LogP contribution in [0.4, 0.5) is 18.9 Å². The molecule has 1 aromatic carbocycles. The lowest BCUT2D eigenvalue weighted by atomic mass is 10.2. The van der Waals surface area contributed by atoms with Crippen LogP contribution in [0.1, 0.15) is 27.6 Å². The van der Waals surface area contributed by atoms with Crippen molar-refractivity contribution < 1.29 is 22.4 Å². The van der Waals surface area contributed by atoms with Crippen molar-refractivity contribution in [1.82, 2.24) is 9.55 Å². The van der Waals surface area contributed by atoms with Gasteiger partial charge in [0.2, 0.25) is 0 Å². The molecule has 25 heavy (non-hydrogen) atoms. The van der Waals surface area contributed by atoms with Crippen LogP contribution < -0.4 is 5.32 Å². The molecule has 0 fully saturated rings. The third-order valence-corrected chi connectivity index (χ3v) is 3.91. The number of anilines is 1. The van der Waals surface area contributed by atoms with E-state index in [0.29, 0.717) is 28.4 Å². The molecule has 0 aliphatic heterocycles. The standard InChI is InChI=1S/C17H16F3N3O2/c1-9-6-13(10(2)23(9)8-17(18,19)20)16(24)22-12-4-5-15-14(7-12)21-11(3)25-15/h4-7H,8H2,1-3H3,(H,22,24). The van der Waals surface area contributed by atoms with E-state index < -0.39 is 18.6 Å². The summed E-state index contributed by atoms with van der Waals surface area (Å²) in [7, 11) is 0. The van der Waals surface area contributed by atoms with Crippen molar-refractivity contribution in [2.75, 3.05) is 5.32 Å². The number of aryl methyl sites for hydroxylation is 2. The Morgan fingerprint density at radius 3 is 2.64 bits per heavy atom. The molecule has 0 aliphatic carbocycles. The van der Waals surface area contributed by atoms with E-state index in [1.54, 1.807) is 32.0 Å². The number of carbonyl (C=O) groups is 1. The van der Waals surface area contributed by atoms with Crippen molar-refractivity contribution in [1.29, 1.82) is 0 Å². The molecule has 0 unspecified atom stereocenters. The minimum atomic E-state index is -4.35. The van der Waals surface area contributed by atoms with Gasteiger partial charge in [-0.3, -0.25) is 4.79 Å². The molecule has 0 radical (unpaired) electrons. The third kappa shape index (κ3) is 3.52. The number of oxazole rings is 1. The number of hydrogen-bond donors (Lipinski definition) is 1. The van der Waals surface area contributed by atoms with Gasteiger partial charge in [0.1, 0.15) is 12.1 Å². The number of amides is 1. The van der Waals surface area contributed by atoms with E-state index in [-0.39, 0.29) is 11.3 Å². The van der Waals surface area contributed by atoms with Gasteiger partial charge >= 0.3 is 6.18 Å². The summed E-state index contributed by atoms with van der Waals surface area (Å²) in [5, 5.41) is 2.69. The van der Waals surface area contributed by atoms with Crippen LogP contribution in [0.25, 0.3) is 11.1 Å². The number of hydrogen-bond acceptors (Lipinski definition) is 3. The maximum absolute atomic E-state index is 12.7. The summed E-state index contributed by atoms with van der Waals surface area (Å²) in [5.41, 5.74) is 2.54. The van der Waals surface area contributed by atoms with Crippen molar-refractivity contribution in [3.63, 3.8) is 0 Å². The van der Waals surface area contributed by atoms with Gasteiger partial charge in [0.25, 0.3) is 5.91 Å². The van der Waals surface area contributed by atoms with Gasteiger partial charge in [0.15, 0.2) is 11.5 Å². The molecule has 0 spiro atoms. The number of halogens is 3. The number of nitrogens with one attached hydrogen (secondary N) is 1. The molecule has 0 saturated carbocycles. The second-order valence-electron chi connectivity index (χ2n) is 5.86. The quantitative estimate of drug-likeness (QED) is 0.762. The number of fused-ring (bicyclic) bond motifs is 1. The SMILES string of the molecule is Cc1nc2cc(NC(=O)c3cc(C)n(CC(F)(F)F)c3C)ccc2o1. The van der Waals surface area contributed by atoms with Gasteiger partial charge in [0, 0.05) is 24.0 Å². The fraction of sp³-hybridized carbons (Fsp3) is 0.294. The predicted molar refractivity (Wildman–Crippen MR) is 86.7 cm³/mol. The summed E-state index contributed by atoms with van der Waals surface area (Å²) in [4.78, 5) is 16.6. The zero-order valence-electron chi connectivity index (χ0n) is 13.9. The number of aromatic nitrogens is 2. The normalized spacial score (nSPS) is 11.9. The van der Waals surface area contributed by atoms with E-state index in [1.807, 2.05) is 0 Å². The summed E-state index contributed by atoms with van der Waals surface area (Å²) in [6, 6.07) is 6.44. The number of carbonyl (C=O) groups excluding carboxylic acids is 1. The van der Waals surface area contributed by atoms with Crippen LogP contribution in [0, 0.1) is 20.8 Å². The maximum Gasteiger partial charge on any atom is 0.406 e. The Kier molecular flexibility index (Phi) is 4.06. The molecule has 0 saturated heterocycles. The molecule has 2 aromatic heterocycles. The molecule has 8 heteroatoms. The number of rotatable bonds is 3. The molecule has 5 nitrogen and oxygen atoms in total. The molecule has 3 aromatic rings. The van der Waals surface area contributed by atoms with Crippen LogP contribution >= 0.6 is 0 Å². The van der Waals surface area contributed by atoms with Gasteiger partial charge in [0.05, 0.1) is 5.56 Å². The van der Waals surface area contributed by atoms with Crippen LogP contribution in [-0.4, -0.2) is 21.6 Å². The molecule has 132 valence electrons. The Bertz CT molecular complexity index is 954. The van der Waals surface area contributed by atoms with Crippen LogP contribution in [-0.2, 0) is 6.54 Å². The smallest absolute Gasteiger partial charge is 0.406 e.